The average Bonchev–Trinajstić information content (AvgIpc) is 3.60. The van der Waals surface area contributed by atoms with Gasteiger partial charge in [-0.2, -0.15) is 0 Å². The van der Waals surface area contributed by atoms with E-state index in [0.29, 0.717) is 43.4 Å². The molecule has 0 N–H and O–H groups in total. The van der Waals surface area contributed by atoms with Crippen molar-refractivity contribution in [2.24, 2.45) is 5.16 Å². The Labute approximate surface area is 239 Å². The number of hydrogen-bond donors (Lipinski definition) is 0. The summed E-state index contributed by atoms with van der Waals surface area (Å²) >= 11 is 1.36. The summed E-state index contributed by atoms with van der Waals surface area (Å²) in [5, 5.41) is 7.14. The Hall–Kier alpha value is -4.89. The maximum absolute atomic E-state index is 13.8. The number of ketones is 2. The quantitative estimate of drug-likeness (QED) is 0.0701. The lowest BCUT2D eigenvalue weighted by molar-refractivity contribution is -0.143. The van der Waals surface area contributed by atoms with E-state index in [1.807, 2.05) is 35.1 Å². The zero-order valence-corrected chi connectivity index (χ0v) is 23.5. The highest BCUT2D eigenvalue weighted by Crippen LogP contribution is 2.32. The first-order valence-electron chi connectivity index (χ1n) is 12.9. The standard InChI is InChI=1S/C32H26N2O6S/c1-4-39-29(36)18-34-26-13-11-21(31(37)28-10-7-15-41-28)16-24(26)25-17-22(12-14-27(25)34)32(38)30(33-40-20(3)35)23-9-6-5-8-19(23)2/h5-17H,4,18H2,1-3H3/b33-30+. The van der Waals surface area contributed by atoms with Crippen LogP contribution in [0.1, 0.15) is 50.6 Å². The van der Waals surface area contributed by atoms with E-state index in [0.717, 1.165) is 5.56 Å². The third kappa shape index (κ3) is 5.57. The largest absolute Gasteiger partial charge is 0.465 e. The summed E-state index contributed by atoms with van der Waals surface area (Å²) in [6.07, 6.45) is 0. The number of carbonyl (C=O) groups is 4. The van der Waals surface area contributed by atoms with Crippen molar-refractivity contribution >= 4 is 62.4 Å². The molecule has 0 spiro atoms. The van der Waals surface area contributed by atoms with Crippen LogP contribution in [-0.4, -0.2) is 40.4 Å². The summed E-state index contributed by atoms with van der Waals surface area (Å²) in [4.78, 5) is 56.5. The van der Waals surface area contributed by atoms with E-state index in [4.69, 9.17) is 9.57 Å². The van der Waals surface area contributed by atoms with Crippen LogP contribution >= 0.6 is 11.3 Å². The summed E-state index contributed by atoms with van der Waals surface area (Å²) in [6, 6.07) is 21.2. The van der Waals surface area contributed by atoms with Crippen molar-refractivity contribution in [3.63, 3.8) is 0 Å². The van der Waals surface area contributed by atoms with Crippen LogP contribution in [0.15, 0.2) is 83.3 Å². The van der Waals surface area contributed by atoms with Crippen LogP contribution in [-0.2, 0) is 25.7 Å². The maximum Gasteiger partial charge on any atom is 0.332 e. The Morgan fingerprint density at radius 3 is 2.20 bits per heavy atom. The van der Waals surface area contributed by atoms with Crippen molar-refractivity contribution in [1.82, 2.24) is 4.57 Å². The van der Waals surface area contributed by atoms with E-state index < -0.39 is 17.7 Å². The third-order valence-corrected chi connectivity index (χ3v) is 7.48. The van der Waals surface area contributed by atoms with Gasteiger partial charge in [0.1, 0.15) is 6.54 Å². The van der Waals surface area contributed by atoms with Crippen molar-refractivity contribution in [3.8, 4) is 0 Å². The van der Waals surface area contributed by atoms with E-state index in [2.05, 4.69) is 5.16 Å². The number of aryl methyl sites for hydroxylation is 1. The lowest BCUT2D eigenvalue weighted by Crippen LogP contribution is -2.18. The smallest absolute Gasteiger partial charge is 0.332 e. The number of fused-ring (bicyclic) bond motifs is 3. The number of aromatic nitrogens is 1. The minimum Gasteiger partial charge on any atom is -0.465 e. The Balaban J connectivity index is 1.68. The second kappa shape index (κ2) is 11.7. The molecule has 0 aliphatic rings. The monoisotopic (exact) mass is 566 g/mol. The van der Waals surface area contributed by atoms with Crippen LogP contribution in [0.2, 0.25) is 0 Å². The van der Waals surface area contributed by atoms with Gasteiger partial charge in [0.15, 0.2) is 5.71 Å². The molecule has 41 heavy (non-hydrogen) atoms. The fourth-order valence-electron chi connectivity index (χ4n) is 4.74. The maximum atomic E-state index is 13.8. The Morgan fingerprint density at radius 2 is 1.56 bits per heavy atom. The van der Waals surface area contributed by atoms with Crippen LogP contribution in [0.5, 0.6) is 0 Å². The number of rotatable bonds is 9. The first-order chi connectivity index (χ1) is 19.8. The molecule has 2 heterocycles. The fraction of sp³-hybridized carbons (Fsp3) is 0.156. The lowest BCUT2D eigenvalue weighted by atomic mass is 9.96. The summed E-state index contributed by atoms with van der Waals surface area (Å²) in [6.45, 7) is 5.00. The van der Waals surface area contributed by atoms with E-state index >= 15 is 0 Å². The van der Waals surface area contributed by atoms with Crippen molar-refractivity contribution in [3.05, 3.63) is 105 Å². The van der Waals surface area contributed by atoms with Gasteiger partial charge >= 0.3 is 11.9 Å². The van der Waals surface area contributed by atoms with Gasteiger partial charge in [0.25, 0.3) is 0 Å². The van der Waals surface area contributed by atoms with Crippen molar-refractivity contribution < 1.29 is 28.8 Å². The topological polar surface area (TPSA) is 104 Å². The lowest BCUT2D eigenvalue weighted by Gasteiger charge is -2.09. The number of Topliss-reactive ketones (excluding diaryl/α,β-unsaturated/α-hetero) is 1. The number of oxime groups is 1. The molecule has 3 aromatic carbocycles. The molecule has 0 aliphatic heterocycles. The van der Waals surface area contributed by atoms with E-state index in [9.17, 15) is 19.2 Å². The van der Waals surface area contributed by atoms with Gasteiger partial charge in [-0.25, -0.2) is 4.79 Å². The van der Waals surface area contributed by atoms with Gasteiger partial charge in [-0.3, -0.25) is 14.4 Å². The molecule has 0 amide bonds. The summed E-state index contributed by atoms with van der Waals surface area (Å²) in [7, 11) is 0. The highest BCUT2D eigenvalue weighted by Gasteiger charge is 2.23. The molecule has 0 aliphatic carbocycles. The highest BCUT2D eigenvalue weighted by atomic mass is 32.1. The molecular weight excluding hydrogens is 540 g/mol. The van der Waals surface area contributed by atoms with Crippen molar-refractivity contribution in [2.75, 3.05) is 6.61 Å². The van der Waals surface area contributed by atoms with Gasteiger partial charge in [-0.05, 0) is 67.3 Å². The van der Waals surface area contributed by atoms with Crippen LogP contribution in [0.25, 0.3) is 21.8 Å². The Morgan fingerprint density at radius 1 is 0.878 bits per heavy atom. The number of hydrogen-bond acceptors (Lipinski definition) is 8. The summed E-state index contributed by atoms with van der Waals surface area (Å²) < 4.78 is 7.01. The number of carbonyl (C=O) groups excluding carboxylic acids is 4. The molecule has 5 rings (SSSR count). The molecule has 0 saturated carbocycles. The van der Waals surface area contributed by atoms with Gasteiger partial charge in [0.2, 0.25) is 11.6 Å². The van der Waals surface area contributed by atoms with Crippen molar-refractivity contribution in [1.29, 1.82) is 0 Å². The minimum atomic E-state index is -0.649. The second-order valence-corrected chi connectivity index (χ2v) is 10.3. The molecule has 9 heteroatoms. The number of thiophene rings is 1. The van der Waals surface area contributed by atoms with E-state index in [-0.39, 0.29) is 24.6 Å². The number of benzene rings is 3. The van der Waals surface area contributed by atoms with E-state index in [1.54, 1.807) is 61.5 Å². The molecule has 0 unspecified atom stereocenters. The highest BCUT2D eigenvalue weighted by molar-refractivity contribution is 7.12. The number of esters is 1. The number of ether oxygens (including phenoxy) is 1. The Bertz CT molecular complexity index is 1850. The average molecular weight is 567 g/mol. The Kier molecular flexibility index (Phi) is 7.89. The second-order valence-electron chi connectivity index (χ2n) is 9.33. The molecule has 0 bridgehead atoms. The first kappa shape index (κ1) is 27.7. The normalized spacial score (nSPS) is 11.5. The van der Waals surface area contributed by atoms with Crippen molar-refractivity contribution in [2.45, 2.75) is 27.3 Å². The molecule has 2 aromatic heterocycles. The van der Waals surface area contributed by atoms with E-state index in [1.165, 1.54) is 18.3 Å². The zero-order chi connectivity index (χ0) is 29.1. The van der Waals surface area contributed by atoms with Gasteiger partial charge in [0, 0.05) is 45.4 Å². The predicted molar refractivity (Wildman–Crippen MR) is 158 cm³/mol. The third-order valence-electron chi connectivity index (χ3n) is 6.61. The molecule has 5 aromatic rings. The van der Waals surface area contributed by atoms with Crippen LogP contribution in [0.3, 0.4) is 0 Å². The van der Waals surface area contributed by atoms with Gasteiger partial charge in [0.05, 0.1) is 11.5 Å². The van der Waals surface area contributed by atoms with Gasteiger partial charge in [-0.1, -0.05) is 35.5 Å². The van der Waals surface area contributed by atoms with Crippen LogP contribution in [0, 0.1) is 6.92 Å². The van der Waals surface area contributed by atoms with Gasteiger partial charge < -0.3 is 14.1 Å². The molecular formula is C32H26N2O6S. The molecule has 0 radical (unpaired) electrons. The van der Waals surface area contributed by atoms with Gasteiger partial charge in [-0.15, -0.1) is 11.3 Å². The number of nitrogens with zero attached hydrogens (tertiary/aromatic N) is 2. The zero-order valence-electron chi connectivity index (χ0n) is 22.7. The van der Waals surface area contributed by atoms with Crippen LogP contribution < -0.4 is 0 Å². The fourth-order valence-corrected chi connectivity index (χ4v) is 5.43. The molecule has 206 valence electrons. The molecule has 0 saturated heterocycles. The van der Waals surface area contributed by atoms with Crippen LogP contribution in [0.4, 0.5) is 0 Å². The SMILES string of the molecule is CCOC(=O)Cn1c2ccc(C(=O)/C(=N/OC(C)=O)c3ccccc3C)cc2c2cc(C(=O)c3cccs3)ccc21. The first-order valence-corrected chi connectivity index (χ1v) is 13.8. The molecule has 0 fully saturated rings. The summed E-state index contributed by atoms with van der Waals surface area (Å²) in [5.74, 6) is -1.61. The molecule has 0 atom stereocenters. The molecule has 8 nitrogen and oxygen atoms in total. The summed E-state index contributed by atoms with van der Waals surface area (Å²) in [5.41, 5.74) is 3.51. The predicted octanol–water partition coefficient (Wildman–Crippen LogP) is 6.11. The minimum absolute atomic E-state index is 0.0125.